The molecule has 0 atom stereocenters. The fourth-order valence-electron chi connectivity index (χ4n) is 19.3. The summed E-state index contributed by atoms with van der Waals surface area (Å²) in [5, 5.41) is 12.1. The predicted octanol–water partition coefficient (Wildman–Crippen LogP) is 29.6. The van der Waals surface area contributed by atoms with Gasteiger partial charge in [-0.05, 0) is 238 Å². The molecule has 0 N–H and O–H groups in total. The summed E-state index contributed by atoms with van der Waals surface area (Å²) >= 11 is 0. The number of hydrogen-bond acceptors (Lipinski definition) is 2. The topological polar surface area (TPSA) is 16.3 Å². The van der Waals surface area contributed by atoms with Crippen LogP contribution in [0.3, 0.4) is 0 Å². The summed E-state index contributed by atoms with van der Waals surface area (Å²) in [5.41, 5.74) is 32.9. The molecular formula is C108H76N4. The Morgan fingerprint density at radius 1 is 0.214 bits per heavy atom. The summed E-state index contributed by atoms with van der Waals surface area (Å²) in [6, 6.07) is 145. The lowest BCUT2D eigenvalue weighted by molar-refractivity contribution is 0.660. The van der Waals surface area contributed by atoms with Gasteiger partial charge in [0, 0.05) is 89.0 Å². The lowest BCUT2D eigenvalue weighted by atomic mass is 9.82. The number of nitrogens with zero attached hydrogens (tertiary/aromatic N) is 4. The molecule has 4 nitrogen and oxygen atoms in total. The summed E-state index contributed by atoms with van der Waals surface area (Å²) < 4.78 is 5.05. The minimum Gasteiger partial charge on any atom is -0.310 e. The molecule has 18 aromatic carbocycles. The Kier molecular flexibility index (Phi) is 14.7. The van der Waals surface area contributed by atoms with Gasteiger partial charge in [0.15, 0.2) is 0 Å². The summed E-state index contributed by atoms with van der Waals surface area (Å²) in [6.07, 6.45) is 0. The van der Waals surface area contributed by atoms with Crippen molar-refractivity contribution in [1.82, 2.24) is 9.13 Å². The van der Waals surface area contributed by atoms with E-state index in [0.29, 0.717) is 0 Å². The number of aromatic nitrogens is 2. The van der Waals surface area contributed by atoms with Crippen LogP contribution >= 0.6 is 0 Å². The minimum absolute atomic E-state index is 0.159. The molecule has 0 amide bonds. The Morgan fingerprint density at radius 2 is 0.616 bits per heavy atom. The number of rotatable bonds is 12. The first-order valence-corrected chi connectivity index (χ1v) is 39.1. The molecule has 22 rings (SSSR count). The van der Waals surface area contributed by atoms with Crippen LogP contribution < -0.4 is 9.80 Å². The maximum absolute atomic E-state index is 2.56. The van der Waals surface area contributed by atoms with Gasteiger partial charge in [0.25, 0.3) is 0 Å². The van der Waals surface area contributed by atoms with Gasteiger partial charge in [-0.1, -0.05) is 289 Å². The van der Waals surface area contributed by atoms with Gasteiger partial charge in [0.2, 0.25) is 0 Å². The van der Waals surface area contributed by atoms with Crippen molar-refractivity contribution in [2.75, 3.05) is 9.80 Å². The third kappa shape index (κ3) is 10.1. The van der Waals surface area contributed by atoms with Crippen LogP contribution in [0, 0.1) is 0 Å². The second-order valence-electron chi connectivity index (χ2n) is 31.5. The van der Waals surface area contributed by atoms with E-state index in [1.54, 1.807) is 0 Å². The SMILES string of the molecule is CC1(C)c2ccccc2-c2ccc(N(c3ccccc3)c3ccc(-n4c5cccc(-c6cccc(N(c7ccc(-c8c9ccccc9cc9c%10ccccc%10n(-c%10ccc(-c%11ccccc%11)cc%10)c89)cc7)c7ccc8c(c7)C(C)(C)c7ccccc7-8)c6)c5c5cc6ccccc6c(-c6ccc7ccccc7c6)c54)cc3)cc21. The first-order chi connectivity index (χ1) is 55.1. The number of benzene rings is 18. The van der Waals surface area contributed by atoms with Crippen molar-refractivity contribution in [3.8, 4) is 78.1 Å². The molecule has 2 heterocycles. The monoisotopic (exact) mass is 1430 g/mol. The van der Waals surface area contributed by atoms with Crippen LogP contribution in [0.2, 0.25) is 0 Å². The van der Waals surface area contributed by atoms with Crippen LogP contribution in [0.5, 0.6) is 0 Å². The van der Waals surface area contributed by atoms with Crippen molar-refractivity contribution in [2.24, 2.45) is 0 Å². The van der Waals surface area contributed by atoms with E-state index >= 15 is 0 Å². The van der Waals surface area contributed by atoms with E-state index in [9.17, 15) is 0 Å². The number of para-hydroxylation sites is 2. The molecule has 0 bridgehead atoms. The largest absolute Gasteiger partial charge is 0.310 e. The Morgan fingerprint density at radius 3 is 1.27 bits per heavy atom. The zero-order valence-corrected chi connectivity index (χ0v) is 62.7. The highest BCUT2D eigenvalue weighted by molar-refractivity contribution is 6.25. The van der Waals surface area contributed by atoms with Crippen molar-refractivity contribution in [3.63, 3.8) is 0 Å². The van der Waals surface area contributed by atoms with Gasteiger partial charge in [-0.25, -0.2) is 0 Å². The van der Waals surface area contributed by atoms with Gasteiger partial charge in [0.1, 0.15) is 0 Å². The third-order valence-electron chi connectivity index (χ3n) is 24.6. The summed E-state index contributed by atoms with van der Waals surface area (Å²) in [6.45, 7) is 9.51. The molecule has 2 aliphatic rings. The third-order valence-corrected chi connectivity index (χ3v) is 24.6. The molecule has 0 fully saturated rings. The first-order valence-electron chi connectivity index (χ1n) is 39.1. The molecule has 0 aliphatic heterocycles. The Balaban J connectivity index is 0.731. The second kappa shape index (κ2) is 25.3. The summed E-state index contributed by atoms with van der Waals surface area (Å²) in [5.74, 6) is 0. The van der Waals surface area contributed by atoms with E-state index in [4.69, 9.17) is 0 Å². The maximum Gasteiger partial charge on any atom is 0.0626 e. The standard InChI is InChI=1S/C108H76N4/c1-107(2)96-41-20-17-37-89(96)91-61-59-84(67-98(91)107)109(78-32-9-6-10-33-78)80-55-57-82(58-56-80)112-101-44-24-40-88(104(101)95-66-76-30-14-16-36-87(76)103(106(95)112)77-46-45-70-27-11-12-28-73(70)63-77)74-31-23-34-83(64-74)110(85-60-62-92-90-38-18-21-42-97(90)108(3,4)99(92)68-85)79-53-49-72(50-54-79)102-86-35-15-13-29-75(86)65-94-93-39-19-22-43-100(93)111(105(94)102)81-51-47-71(48-52-81)69-25-7-5-8-26-69/h5-68H,1-4H3. The van der Waals surface area contributed by atoms with Crippen LogP contribution in [-0.4, -0.2) is 9.13 Å². The van der Waals surface area contributed by atoms with Crippen molar-refractivity contribution < 1.29 is 0 Å². The molecule has 20 aromatic rings. The quantitative estimate of drug-likeness (QED) is 0.121. The van der Waals surface area contributed by atoms with E-state index < -0.39 is 0 Å². The van der Waals surface area contributed by atoms with E-state index in [1.807, 2.05) is 0 Å². The normalized spacial score (nSPS) is 13.1. The maximum atomic E-state index is 2.56. The van der Waals surface area contributed by atoms with Crippen molar-refractivity contribution in [3.05, 3.63) is 411 Å². The molecule has 2 aliphatic carbocycles. The van der Waals surface area contributed by atoms with Crippen LogP contribution in [0.15, 0.2) is 388 Å². The van der Waals surface area contributed by atoms with E-state index in [1.165, 1.54) is 137 Å². The molecule has 0 radical (unpaired) electrons. The zero-order chi connectivity index (χ0) is 74.5. The summed E-state index contributed by atoms with van der Waals surface area (Å²) in [4.78, 5) is 4.92. The molecule has 112 heavy (non-hydrogen) atoms. The van der Waals surface area contributed by atoms with Gasteiger partial charge in [-0.3, -0.25) is 0 Å². The highest BCUT2D eigenvalue weighted by atomic mass is 15.1. The molecule has 0 saturated carbocycles. The molecule has 528 valence electrons. The highest BCUT2D eigenvalue weighted by Crippen LogP contribution is 2.55. The fourth-order valence-corrected chi connectivity index (χ4v) is 19.3. The van der Waals surface area contributed by atoms with Gasteiger partial charge < -0.3 is 18.9 Å². The average Bonchev–Trinajstić information content (AvgIpc) is 1.55. The lowest BCUT2D eigenvalue weighted by Crippen LogP contribution is -2.16. The summed E-state index contributed by atoms with van der Waals surface area (Å²) in [7, 11) is 0. The van der Waals surface area contributed by atoms with Crippen LogP contribution in [-0.2, 0) is 10.8 Å². The lowest BCUT2D eigenvalue weighted by Gasteiger charge is -2.29. The molecule has 2 aromatic heterocycles. The Hall–Kier alpha value is -14.1. The van der Waals surface area contributed by atoms with E-state index in [-0.39, 0.29) is 10.8 Å². The van der Waals surface area contributed by atoms with Gasteiger partial charge in [-0.2, -0.15) is 0 Å². The van der Waals surface area contributed by atoms with E-state index in [2.05, 4.69) is 435 Å². The smallest absolute Gasteiger partial charge is 0.0626 e. The van der Waals surface area contributed by atoms with Crippen molar-refractivity contribution >= 4 is 110 Å². The molecule has 0 saturated heterocycles. The Labute approximate surface area is 651 Å². The molecular weight excluding hydrogens is 1350 g/mol. The number of anilines is 6. The predicted molar refractivity (Wildman–Crippen MR) is 474 cm³/mol. The van der Waals surface area contributed by atoms with Crippen LogP contribution in [0.4, 0.5) is 34.1 Å². The minimum atomic E-state index is -0.228. The Bertz CT molecular complexity index is 7220. The molecule has 0 unspecified atom stereocenters. The molecule has 4 heteroatoms. The van der Waals surface area contributed by atoms with Crippen LogP contribution in [0.1, 0.15) is 49.9 Å². The van der Waals surface area contributed by atoms with E-state index in [0.717, 1.165) is 73.2 Å². The van der Waals surface area contributed by atoms with Crippen molar-refractivity contribution in [2.45, 2.75) is 38.5 Å². The average molecular weight is 1430 g/mol. The van der Waals surface area contributed by atoms with Gasteiger partial charge in [0.05, 0.1) is 22.1 Å². The molecule has 0 spiro atoms. The van der Waals surface area contributed by atoms with Crippen LogP contribution in [0.25, 0.3) is 154 Å². The first kappa shape index (κ1) is 65.1. The van der Waals surface area contributed by atoms with Crippen molar-refractivity contribution in [1.29, 1.82) is 0 Å². The number of hydrogen-bond donors (Lipinski definition) is 0. The van der Waals surface area contributed by atoms with Gasteiger partial charge in [-0.15, -0.1) is 0 Å². The van der Waals surface area contributed by atoms with Gasteiger partial charge >= 0.3 is 0 Å². The fraction of sp³-hybridized carbons (Fsp3) is 0.0556. The number of fused-ring (bicyclic) bond motifs is 15. The highest BCUT2D eigenvalue weighted by Gasteiger charge is 2.38. The second-order valence-corrected chi connectivity index (χ2v) is 31.5. The zero-order valence-electron chi connectivity index (χ0n) is 62.7.